The van der Waals surface area contributed by atoms with Crippen LogP contribution in [0, 0.1) is 13.8 Å². The number of guanidine groups is 1. The van der Waals surface area contributed by atoms with E-state index in [9.17, 15) is 5.11 Å². The molecule has 0 amide bonds. The summed E-state index contributed by atoms with van der Waals surface area (Å²) in [5, 5.41) is 17.4. The molecule has 1 aliphatic rings. The van der Waals surface area contributed by atoms with Gasteiger partial charge in [0, 0.05) is 30.9 Å². The second kappa shape index (κ2) is 9.18. The Hall–Kier alpha value is -2.73. The topological polar surface area (TPSA) is 73.0 Å². The molecule has 0 bridgehead atoms. The Kier molecular flexibility index (Phi) is 6.64. The van der Waals surface area contributed by atoms with Gasteiger partial charge in [0.1, 0.15) is 17.1 Å². The van der Waals surface area contributed by atoms with Crippen molar-refractivity contribution >= 4 is 11.6 Å². The molecule has 6 heteroatoms. The van der Waals surface area contributed by atoms with Crippen LogP contribution >= 0.6 is 0 Å². The monoisotopic (exact) mass is 396 g/mol. The highest BCUT2D eigenvalue weighted by atomic mass is 16.3. The standard InChI is InChI=1S/C23H32N4O2/c1-5-24-22(26-16-23(4,28)21-13-17(2)29-18(21)3)25-15-19-9-8-10-20(14-19)27-11-6-7-12-27/h6-10,13-14,28H,5,11-12,15-16H2,1-4H3,(H2,24,25,26). The van der Waals surface area contributed by atoms with Crippen LogP contribution in [0.15, 0.2) is 51.9 Å². The van der Waals surface area contributed by atoms with Gasteiger partial charge in [0.15, 0.2) is 5.96 Å². The lowest BCUT2D eigenvalue weighted by molar-refractivity contribution is 0.0601. The summed E-state index contributed by atoms with van der Waals surface area (Å²) >= 11 is 0. The number of rotatable bonds is 7. The predicted molar refractivity (Wildman–Crippen MR) is 118 cm³/mol. The third-order valence-electron chi connectivity index (χ3n) is 5.08. The quantitative estimate of drug-likeness (QED) is 0.381. The SMILES string of the molecule is CCNC(=NCc1cccc(N2CC=CC2)c1)NCC(C)(O)c1cc(C)oc1C. The summed E-state index contributed by atoms with van der Waals surface area (Å²) in [5.74, 6) is 2.22. The third-order valence-corrected chi connectivity index (χ3v) is 5.08. The molecule has 1 atom stereocenters. The third kappa shape index (κ3) is 5.41. The first-order valence-corrected chi connectivity index (χ1v) is 10.2. The second-order valence-corrected chi connectivity index (χ2v) is 7.70. The summed E-state index contributed by atoms with van der Waals surface area (Å²) in [4.78, 5) is 7.02. The minimum absolute atomic E-state index is 0.331. The number of nitrogens with one attached hydrogen (secondary N) is 2. The highest BCUT2D eigenvalue weighted by molar-refractivity contribution is 5.79. The Bertz CT molecular complexity index is 875. The molecule has 0 spiro atoms. The highest BCUT2D eigenvalue weighted by Gasteiger charge is 2.27. The van der Waals surface area contributed by atoms with E-state index in [1.54, 1.807) is 6.92 Å². The number of hydrogen-bond donors (Lipinski definition) is 3. The molecule has 1 aliphatic heterocycles. The molecule has 1 aromatic carbocycles. The molecular weight excluding hydrogens is 364 g/mol. The van der Waals surface area contributed by atoms with Gasteiger partial charge >= 0.3 is 0 Å². The molecule has 6 nitrogen and oxygen atoms in total. The largest absolute Gasteiger partial charge is 0.466 e. The lowest BCUT2D eigenvalue weighted by Crippen LogP contribution is -2.44. The number of hydrogen-bond acceptors (Lipinski definition) is 4. The molecule has 0 saturated heterocycles. The Morgan fingerprint density at radius 3 is 2.62 bits per heavy atom. The van der Waals surface area contributed by atoms with Gasteiger partial charge in [0.25, 0.3) is 0 Å². The Morgan fingerprint density at radius 2 is 1.97 bits per heavy atom. The van der Waals surface area contributed by atoms with E-state index in [0.717, 1.165) is 42.3 Å². The van der Waals surface area contributed by atoms with Gasteiger partial charge in [-0.2, -0.15) is 0 Å². The zero-order chi connectivity index (χ0) is 20.9. The summed E-state index contributed by atoms with van der Waals surface area (Å²) in [6, 6.07) is 10.4. The van der Waals surface area contributed by atoms with E-state index in [-0.39, 0.29) is 0 Å². The van der Waals surface area contributed by atoms with Crippen molar-refractivity contribution in [1.29, 1.82) is 0 Å². The summed E-state index contributed by atoms with van der Waals surface area (Å²) in [7, 11) is 0. The van der Waals surface area contributed by atoms with Gasteiger partial charge in [-0.05, 0) is 51.5 Å². The smallest absolute Gasteiger partial charge is 0.191 e. The van der Waals surface area contributed by atoms with Crippen LogP contribution < -0.4 is 15.5 Å². The van der Waals surface area contributed by atoms with Crippen LogP contribution in [0.2, 0.25) is 0 Å². The van der Waals surface area contributed by atoms with Crippen LogP contribution in [-0.4, -0.2) is 37.2 Å². The first-order chi connectivity index (χ1) is 13.9. The zero-order valence-corrected chi connectivity index (χ0v) is 17.8. The molecule has 1 aromatic heterocycles. The van der Waals surface area contributed by atoms with E-state index in [2.05, 4.69) is 52.0 Å². The summed E-state index contributed by atoms with van der Waals surface area (Å²) < 4.78 is 5.57. The molecule has 2 heterocycles. The summed E-state index contributed by atoms with van der Waals surface area (Å²) in [6.45, 7) is 11.1. The Morgan fingerprint density at radius 1 is 1.21 bits per heavy atom. The van der Waals surface area contributed by atoms with Crippen molar-refractivity contribution in [2.24, 2.45) is 4.99 Å². The molecule has 0 fully saturated rings. The predicted octanol–water partition coefficient (Wildman–Crippen LogP) is 3.24. The van der Waals surface area contributed by atoms with Crippen LogP contribution in [0.4, 0.5) is 5.69 Å². The number of aliphatic imine (C=N–C) groups is 1. The van der Waals surface area contributed by atoms with Crippen LogP contribution in [0.1, 0.15) is 36.5 Å². The first-order valence-electron chi connectivity index (χ1n) is 10.2. The van der Waals surface area contributed by atoms with Crippen molar-refractivity contribution < 1.29 is 9.52 Å². The van der Waals surface area contributed by atoms with Gasteiger partial charge < -0.3 is 25.1 Å². The fourth-order valence-electron chi connectivity index (χ4n) is 3.57. The Labute approximate surface area is 173 Å². The Balaban J connectivity index is 1.65. The maximum atomic E-state index is 10.9. The summed E-state index contributed by atoms with van der Waals surface area (Å²) in [6.07, 6.45) is 4.38. The molecule has 156 valence electrons. The van der Waals surface area contributed by atoms with Gasteiger partial charge in [-0.25, -0.2) is 4.99 Å². The molecule has 0 aliphatic carbocycles. The van der Waals surface area contributed by atoms with E-state index in [4.69, 9.17) is 9.41 Å². The van der Waals surface area contributed by atoms with Gasteiger partial charge in [-0.15, -0.1) is 0 Å². The van der Waals surface area contributed by atoms with Crippen LogP contribution in [0.3, 0.4) is 0 Å². The number of aliphatic hydroxyl groups is 1. The molecule has 0 radical (unpaired) electrons. The van der Waals surface area contributed by atoms with Crippen molar-refractivity contribution in [2.75, 3.05) is 31.1 Å². The second-order valence-electron chi connectivity index (χ2n) is 7.70. The summed E-state index contributed by atoms with van der Waals surface area (Å²) in [5.41, 5.74) is 2.11. The fraction of sp³-hybridized carbons (Fsp3) is 0.435. The normalized spacial score (nSPS) is 16.2. The van der Waals surface area contributed by atoms with Gasteiger partial charge in [-0.3, -0.25) is 0 Å². The maximum absolute atomic E-state index is 10.9. The molecule has 0 saturated carbocycles. The lowest BCUT2D eigenvalue weighted by Gasteiger charge is -2.24. The number of nitrogens with zero attached hydrogens (tertiary/aromatic N) is 2. The fourth-order valence-corrected chi connectivity index (χ4v) is 3.57. The minimum atomic E-state index is -1.05. The molecule has 1 unspecified atom stereocenters. The minimum Gasteiger partial charge on any atom is -0.466 e. The molecule has 29 heavy (non-hydrogen) atoms. The molecule has 3 N–H and O–H groups in total. The van der Waals surface area contributed by atoms with Crippen molar-refractivity contribution in [2.45, 2.75) is 39.8 Å². The van der Waals surface area contributed by atoms with E-state index in [1.807, 2.05) is 26.8 Å². The van der Waals surface area contributed by atoms with E-state index in [0.29, 0.717) is 19.0 Å². The molecule has 2 aromatic rings. The number of furan rings is 1. The van der Waals surface area contributed by atoms with Crippen molar-refractivity contribution in [1.82, 2.24) is 10.6 Å². The first kappa shape index (κ1) is 21.0. The lowest BCUT2D eigenvalue weighted by atomic mass is 9.96. The number of benzene rings is 1. The maximum Gasteiger partial charge on any atom is 0.191 e. The highest BCUT2D eigenvalue weighted by Crippen LogP contribution is 2.26. The van der Waals surface area contributed by atoms with E-state index >= 15 is 0 Å². The van der Waals surface area contributed by atoms with E-state index < -0.39 is 5.60 Å². The van der Waals surface area contributed by atoms with Gasteiger partial charge in [0.05, 0.1) is 13.1 Å². The number of anilines is 1. The van der Waals surface area contributed by atoms with Crippen molar-refractivity contribution in [3.05, 3.63) is 65.1 Å². The average molecular weight is 397 g/mol. The van der Waals surface area contributed by atoms with Gasteiger partial charge in [-0.1, -0.05) is 24.3 Å². The average Bonchev–Trinajstić information content (AvgIpc) is 3.34. The zero-order valence-electron chi connectivity index (χ0n) is 17.8. The number of aryl methyl sites for hydroxylation is 2. The van der Waals surface area contributed by atoms with E-state index in [1.165, 1.54) is 5.69 Å². The van der Waals surface area contributed by atoms with Crippen LogP contribution in [0.25, 0.3) is 0 Å². The van der Waals surface area contributed by atoms with Crippen LogP contribution in [0.5, 0.6) is 0 Å². The van der Waals surface area contributed by atoms with Crippen molar-refractivity contribution in [3.8, 4) is 0 Å². The molecule has 3 rings (SSSR count). The van der Waals surface area contributed by atoms with Crippen molar-refractivity contribution in [3.63, 3.8) is 0 Å². The van der Waals surface area contributed by atoms with Gasteiger partial charge in [0.2, 0.25) is 0 Å². The molecular formula is C23H32N4O2. The van der Waals surface area contributed by atoms with Crippen LogP contribution in [-0.2, 0) is 12.1 Å².